The quantitative estimate of drug-likeness (QED) is 0.326. The topological polar surface area (TPSA) is 67.4 Å². The molecular formula is C24H20Cl2N2O3. The normalized spacial score (nSPS) is 10.8. The van der Waals surface area contributed by atoms with Crippen molar-refractivity contribution in [1.82, 2.24) is 10.2 Å². The summed E-state index contributed by atoms with van der Waals surface area (Å²) in [7, 11) is 0. The van der Waals surface area contributed by atoms with E-state index in [1.54, 1.807) is 24.4 Å². The van der Waals surface area contributed by atoms with Crippen molar-refractivity contribution in [2.45, 2.75) is 20.5 Å². The second kappa shape index (κ2) is 8.92. The second-order valence-electron chi connectivity index (χ2n) is 7.14. The molecule has 0 bridgehead atoms. The molecule has 1 aromatic heterocycles. The van der Waals surface area contributed by atoms with E-state index in [0.717, 1.165) is 16.7 Å². The molecular weight excluding hydrogens is 435 g/mol. The molecule has 31 heavy (non-hydrogen) atoms. The standard InChI is InChI=1S/C24H20Cl2N2O3/c1-14-9-18(10-15(2)23(14)26)31-22-12-27-28-24(22)19-8-7-17(11-21(19)29)30-13-16-5-3-4-6-20(16)25/h3-12,29H,13H2,1-2H3,(H,27,28). The molecule has 0 radical (unpaired) electrons. The minimum absolute atomic E-state index is 0.0363. The minimum Gasteiger partial charge on any atom is -0.507 e. The molecule has 0 saturated heterocycles. The molecule has 7 heteroatoms. The summed E-state index contributed by atoms with van der Waals surface area (Å²) >= 11 is 12.4. The van der Waals surface area contributed by atoms with Gasteiger partial charge in [-0.05, 0) is 55.3 Å². The summed E-state index contributed by atoms with van der Waals surface area (Å²) in [6.07, 6.45) is 1.57. The lowest BCUT2D eigenvalue weighted by atomic mass is 10.1. The zero-order chi connectivity index (χ0) is 22.0. The van der Waals surface area contributed by atoms with Crippen LogP contribution in [0.5, 0.6) is 23.0 Å². The largest absolute Gasteiger partial charge is 0.507 e. The molecule has 0 aliphatic rings. The first-order chi connectivity index (χ1) is 14.9. The molecule has 0 aliphatic carbocycles. The number of H-pyrrole nitrogens is 1. The van der Waals surface area contributed by atoms with Crippen molar-refractivity contribution in [3.8, 4) is 34.3 Å². The highest BCUT2D eigenvalue weighted by Crippen LogP contribution is 2.39. The molecule has 0 aliphatic heterocycles. The number of rotatable bonds is 6. The van der Waals surface area contributed by atoms with E-state index in [1.807, 2.05) is 50.2 Å². The van der Waals surface area contributed by atoms with Crippen LogP contribution in [0.25, 0.3) is 11.3 Å². The van der Waals surface area contributed by atoms with Crippen molar-refractivity contribution in [2.75, 3.05) is 0 Å². The number of phenolic OH excluding ortho intramolecular Hbond substituents is 1. The van der Waals surface area contributed by atoms with E-state index in [4.69, 9.17) is 32.7 Å². The fraction of sp³-hybridized carbons (Fsp3) is 0.125. The lowest BCUT2D eigenvalue weighted by Crippen LogP contribution is -1.96. The Labute approximate surface area is 190 Å². The number of hydrogen-bond acceptors (Lipinski definition) is 4. The summed E-state index contributed by atoms with van der Waals surface area (Å²) in [5.41, 5.74) is 3.81. The zero-order valence-electron chi connectivity index (χ0n) is 16.9. The summed E-state index contributed by atoms with van der Waals surface area (Å²) in [6.45, 7) is 4.14. The predicted molar refractivity (Wildman–Crippen MR) is 122 cm³/mol. The molecule has 5 nitrogen and oxygen atoms in total. The van der Waals surface area contributed by atoms with E-state index in [2.05, 4.69) is 10.2 Å². The van der Waals surface area contributed by atoms with Gasteiger partial charge in [-0.2, -0.15) is 5.10 Å². The van der Waals surface area contributed by atoms with E-state index in [9.17, 15) is 5.11 Å². The Hall–Kier alpha value is -3.15. The van der Waals surface area contributed by atoms with Crippen molar-refractivity contribution in [1.29, 1.82) is 0 Å². The monoisotopic (exact) mass is 454 g/mol. The van der Waals surface area contributed by atoms with Gasteiger partial charge >= 0.3 is 0 Å². The van der Waals surface area contributed by atoms with Crippen molar-refractivity contribution in [3.05, 3.63) is 87.5 Å². The third kappa shape index (κ3) is 4.63. The van der Waals surface area contributed by atoms with Crippen molar-refractivity contribution < 1.29 is 14.6 Å². The Bertz CT molecular complexity index is 1210. The highest BCUT2D eigenvalue weighted by molar-refractivity contribution is 6.32. The summed E-state index contributed by atoms with van der Waals surface area (Å²) in [6, 6.07) is 16.2. The summed E-state index contributed by atoms with van der Waals surface area (Å²) < 4.78 is 11.8. The number of aromatic amines is 1. The number of aryl methyl sites for hydroxylation is 2. The molecule has 2 N–H and O–H groups in total. The lowest BCUT2D eigenvalue weighted by Gasteiger charge is -2.12. The van der Waals surface area contributed by atoms with Crippen LogP contribution in [-0.4, -0.2) is 15.3 Å². The van der Waals surface area contributed by atoms with E-state index in [0.29, 0.717) is 45.2 Å². The van der Waals surface area contributed by atoms with Gasteiger partial charge in [0, 0.05) is 27.2 Å². The number of aromatic hydroxyl groups is 1. The maximum absolute atomic E-state index is 10.6. The van der Waals surface area contributed by atoms with E-state index in [1.165, 1.54) is 0 Å². The number of nitrogens with zero attached hydrogens (tertiary/aromatic N) is 1. The van der Waals surface area contributed by atoms with Gasteiger partial charge in [0.1, 0.15) is 29.5 Å². The van der Waals surface area contributed by atoms with Gasteiger partial charge in [0.05, 0.1) is 6.20 Å². The number of ether oxygens (including phenoxy) is 2. The van der Waals surface area contributed by atoms with Gasteiger partial charge in [-0.3, -0.25) is 5.10 Å². The number of halogens is 2. The number of aromatic nitrogens is 2. The Kier molecular flexibility index (Phi) is 6.07. The third-order valence-electron chi connectivity index (χ3n) is 4.83. The molecule has 0 spiro atoms. The lowest BCUT2D eigenvalue weighted by molar-refractivity contribution is 0.304. The van der Waals surface area contributed by atoms with Crippen molar-refractivity contribution in [3.63, 3.8) is 0 Å². The van der Waals surface area contributed by atoms with Gasteiger partial charge < -0.3 is 14.6 Å². The third-order valence-corrected chi connectivity index (χ3v) is 5.80. The zero-order valence-corrected chi connectivity index (χ0v) is 18.5. The maximum Gasteiger partial charge on any atom is 0.173 e. The minimum atomic E-state index is 0.0363. The second-order valence-corrected chi connectivity index (χ2v) is 7.93. The van der Waals surface area contributed by atoms with Gasteiger partial charge in [-0.1, -0.05) is 41.4 Å². The summed E-state index contributed by atoms with van der Waals surface area (Å²) in [5, 5.41) is 18.9. The summed E-state index contributed by atoms with van der Waals surface area (Å²) in [4.78, 5) is 0. The van der Waals surface area contributed by atoms with Crippen LogP contribution in [0.1, 0.15) is 16.7 Å². The molecule has 1 heterocycles. The van der Waals surface area contributed by atoms with Crippen LogP contribution in [0.4, 0.5) is 0 Å². The number of nitrogens with one attached hydrogen (secondary N) is 1. The fourth-order valence-corrected chi connectivity index (χ4v) is 3.53. The molecule has 3 aromatic carbocycles. The van der Waals surface area contributed by atoms with Gasteiger partial charge in [0.25, 0.3) is 0 Å². The van der Waals surface area contributed by atoms with E-state index < -0.39 is 0 Å². The molecule has 4 aromatic rings. The molecule has 0 unspecified atom stereocenters. The number of benzene rings is 3. The van der Waals surface area contributed by atoms with E-state index in [-0.39, 0.29) is 5.75 Å². The first kappa shape index (κ1) is 21.1. The van der Waals surface area contributed by atoms with Crippen LogP contribution in [0.15, 0.2) is 60.8 Å². The van der Waals surface area contributed by atoms with Gasteiger partial charge in [-0.15, -0.1) is 0 Å². The number of phenols is 1. The SMILES string of the molecule is Cc1cc(Oc2cn[nH]c2-c2ccc(OCc3ccccc3Cl)cc2O)cc(C)c1Cl. The van der Waals surface area contributed by atoms with Crippen LogP contribution in [0.3, 0.4) is 0 Å². The van der Waals surface area contributed by atoms with Crippen LogP contribution in [0.2, 0.25) is 10.0 Å². The van der Waals surface area contributed by atoms with Crippen LogP contribution in [0, 0.1) is 13.8 Å². The summed E-state index contributed by atoms with van der Waals surface area (Å²) in [5.74, 6) is 1.68. The first-order valence-corrected chi connectivity index (χ1v) is 10.4. The van der Waals surface area contributed by atoms with Gasteiger partial charge in [-0.25, -0.2) is 0 Å². The fourth-order valence-electron chi connectivity index (χ4n) is 3.23. The van der Waals surface area contributed by atoms with E-state index >= 15 is 0 Å². The Morgan fingerprint density at radius 3 is 2.42 bits per heavy atom. The molecule has 158 valence electrons. The Balaban J connectivity index is 1.54. The van der Waals surface area contributed by atoms with Crippen LogP contribution in [-0.2, 0) is 6.61 Å². The average molecular weight is 455 g/mol. The molecule has 0 saturated carbocycles. The Morgan fingerprint density at radius 1 is 0.968 bits per heavy atom. The predicted octanol–water partition coefficient (Wildman–Crippen LogP) is 7.08. The van der Waals surface area contributed by atoms with Crippen molar-refractivity contribution in [2.24, 2.45) is 0 Å². The maximum atomic E-state index is 10.6. The molecule has 0 atom stereocenters. The Morgan fingerprint density at radius 2 is 1.71 bits per heavy atom. The van der Waals surface area contributed by atoms with Gasteiger partial charge in [0.2, 0.25) is 0 Å². The average Bonchev–Trinajstić information content (AvgIpc) is 3.19. The first-order valence-electron chi connectivity index (χ1n) is 9.60. The number of hydrogen-bond donors (Lipinski definition) is 2. The van der Waals surface area contributed by atoms with Crippen LogP contribution < -0.4 is 9.47 Å². The van der Waals surface area contributed by atoms with Crippen molar-refractivity contribution >= 4 is 23.2 Å². The molecule has 0 fully saturated rings. The highest BCUT2D eigenvalue weighted by Gasteiger charge is 2.16. The van der Waals surface area contributed by atoms with Gasteiger partial charge in [0.15, 0.2) is 5.75 Å². The highest BCUT2D eigenvalue weighted by atomic mass is 35.5. The van der Waals surface area contributed by atoms with Crippen LogP contribution >= 0.6 is 23.2 Å². The molecule has 0 amide bonds. The smallest absolute Gasteiger partial charge is 0.173 e. The molecule has 4 rings (SSSR count).